The molecule has 4 nitrogen and oxygen atoms in total. The lowest BCUT2D eigenvalue weighted by atomic mass is 10.1. The second-order valence-electron chi connectivity index (χ2n) is 6.41. The predicted octanol–water partition coefficient (Wildman–Crippen LogP) is 4.09. The monoisotopic (exact) mass is 343 g/mol. The molecule has 3 rings (SSSR count). The smallest absolute Gasteiger partial charge is 0.315 e. The molecule has 1 aliphatic rings. The summed E-state index contributed by atoms with van der Waals surface area (Å²) >= 11 is 1.73. The molecule has 2 amide bonds. The highest BCUT2D eigenvalue weighted by Gasteiger charge is 2.22. The van der Waals surface area contributed by atoms with Crippen molar-refractivity contribution in [1.82, 2.24) is 10.6 Å². The third-order valence-electron chi connectivity index (χ3n) is 4.41. The fraction of sp³-hybridized carbons (Fsp3) is 0.421. The van der Waals surface area contributed by atoms with Gasteiger partial charge in [-0.1, -0.05) is 18.2 Å². The van der Waals surface area contributed by atoms with Gasteiger partial charge in [-0.2, -0.15) is 0 Å². The topological polar surface area (TPSA) is 44.4 Å². The number of thiophene rings is 1. The van der Waals surface area contributed by atoms with Gasteiger partial charge in [0.15, 0.2) is 0 Å². The molecule has 2 heterocycles. The third-order valence-corrected chi connectivity index (χ3v) is 5.60. The van der Waals surface area contributed by atoms with E-state index in [2.05, 4.69) is 58.9 Å². The standard InChI is InChI=1S/C19H25N3OS/c1-14-10-11-18(24-14)15(2)20-19(23)21-16-7-6-12-22(13-16)17-8-4-3-5-9-17/h3-5,8-11,15-16H,6-7,12-13H2,1-2H3,(H2,20,21,23). The summed E-state index contributed by atoms with van der Waals surface area (Å²) in [6.07, 6.45) is 2.13. The van der Waals surface area contributed by atoms with Gasteiger partial charge in [-0.3, -0.25) is 0 Å². The van der Waals surface area contributed by atoms with Gasteiger partial charge in [0.25, 0.3) is 0 Å². The van der Waals surface area contributed by atoms with E-state index in [9.17, 15) is 4.79 Å². The van der Waals surface area contributed by atoms with Crippen LogP contribution in [0.2, 0.25) is 0 Å². The van der Waals surface area contributed by atoms with Gasteiger partial charge < -0.3 is 15.5 Å². The van der Waals surface area contributed by atoms with Crippen molar-refractivity contribution in [2.75, 3.05) is 18.0 Å². The average Bonchev–Trinajstić information content (AvgIpc) is 3.02. The number of nitrogens with one attached hydrogen (secondary N) is 2. The number of anilines is 1. The molecule has 1 fully saturated rings. The molecular weight excluding hydrogens is 318 g/mol. The van der Waals surface area contributed by atoms with E-state index in [4.69, 9.17) is 0 Å². The van der Waals surface area contributed by atoms with Crippen molar-refractivity contribution in [2.24, 2.45) is 0 Å². The summed E-state index contributed by atoms with van der Waals surface area (Å²) in [6, 6.07) is 14.7. The first kappa shape index (κ1) is 16.8. The van der Waals surface area contributed by atoms with Gasteiger partial charge in [0.05, 0.1) is 6.04 Å². The Hall–Kier alpha value is -2.01. The Kier molecular flexibility index (Phi) is 5.41. The lowest BCUT2D eigenvalue weighted by Gasteiger charge is -2.35. The van der Waals surface area contributed by atoms with E-state index in [1.807, 2.05) is 13.0 Å². The van der Waals surface area contributed by atoms with Crippen molar-refractivity contribution in [3.63, 3.8) is 0 Å². The van der Waals surface area contributed by atoms with E-state index in [0.717, 1.165) is 25.9 Å². The fourth-order valence-corrected chi connectivity index (χ4v) is 4.03. The van der Waals surface area contributed by atoms with Gasteiger partial charge in [0.1, 0.15) is 0 Å². The fourth-order valence-electron chi connectivity index (χ4n) is 3.15. The Morgan fingerprint density at radius 1 is 1.25 bits per heavy atom. The minimum absolute atomic E-state index is 0.0394. The van der Waals surface area contributed by atoms with Gasteiger partial charge in [0.2, 0.25) is 0 Å². The summed E-state index contributed by atoms with van der Waals surface area (Å²) in [6.45, 7) is 6.03. The quantitative estimate of drug-likeness (QED) is 0.878. The predicted molar refractivity (Wildman–Crippen MR) is 101 cm³/mol. The van der Waals surface area contributed by atoms with Crippen LogP contribution in [-0.2, 0) is 0 Å². The zero-order valence-corrected chi connectivity index (χ0v) is 15.1. The van der Waals surface area contributed by atoms with Crippen LogP contribution in [-0.4, -0.2) is 25.2 Å². The molecule has 24 heavy (non-hydrogen) atoms. The van der Waals surface area contributed by atoms with Crippen LogP contribution in [0.1, 0.15) is 35.6 Å². The van der Waals surface area contributed by atoms with Crippen molar-refractivity contribution in [1.29, 1.82) is 0 Å². The molecule has 2 unspecified atom stereocenters. The Morgan fingerprint density at radius 3 is 2.75 bits per heavy atom. The van der Waals surface area contributed by atoms with Gasteiger partial charge >= 0.3 is 6.03 Å². The second kappa shape index (κ2) is 7.71. The van der Waals surface area contributed by atoms with Gasteiger partial charge in [0, 0.05) is 34.6 Å². The summed E-state index contributed by atoms with van der Waals surface area (Å²) in [5.41, 5.74) is 1.23. The van der Waals surface area contributed by atoms with Crippen LogP contribution < -0.4 is 15.5 Å². The summed E-state index contributed by atoms with van der Waals surface area (Å²) in [7, 11) is 0. The number of hydrogen-bond acceptors (Lipinski definition) is 3. The number of rotatable bonds is 4. The molecule has 1 aromatic heterocycles. The minimum Gasteiger partial charge on any atom is -0.369 e. The Bertz CT molecular complexity index is 670. The number of piperidine rings is 1. The zero-order chi connectivity index (χ0) is 16.9. The zero-order valence-electron chi connectivity index (χ0n) is 14.3. The molecule has 0 bridgehead atoms. The Labute approximate surface area is 147 Å². The first-order valence-electron chi connectivity index (χ1n) is 8.55. The van der Waals surface area contributed by atoms with E-state index >= 15 is 0 Å². The van der Waals surface area contributed by atoms with Crippen molar-refractivity contribution in [3.05, 3.63) is 52.2 Å². The van der Waals surface area contributed by atoms with E-state index in [-0.39, 0.29) is 18.1 Å². The van der Waals surface area contributed by atoms with Crippen molar-refractivity contribution < 1.29 is 4.79 Å². The molecule has 1 aromatic carbocycles. The number of nitrogens with zero attached hydrogens (tertiary/aromatic N) is 1. The molecule has 0 radical (unpaired) electrons. The van der Waals surface area contributed by atoms with E-state index in [1.165, 1.54) is 15.4 Å². The summed E-state index contributed by atoms with van der Waals surface area (Å²) < 4.78 is 0. The molecule has 0 aliphatic carbocycles. The third kappa shape index (κ3) is 4.29. The normalized spacial score (nSPS) is 18.9. The molecule has 0 spiro atoms. The number of para-hydroxylation sites is 1. The highest BCUT2D eigenvalue weighted by atomic mass is 32.1. The SMILES string of the molecule is Cc1ccc(C(C)NC(=O)NC2CCCN(c3ccccc3)C2)s1. The number of carbonyl (C=O) groups excluding carboxylic acids is 1. The van der Waals surface area contributed by atoms with Crippen molar-refractivity contribution >= 4 is 23.1 Å². The number of amides is 2. The lowest BCUT2D eigenvalue weighted by molar-refractivity contribution is 0.232. The van der Waals surface area contributed by atoms with Crippen LogP contribution in [0.3, 0.4) is 0 Å². The van der Waals surface area contributed by atoms with Crippen molar-refractivity contribution in [3.8, 4) is 0 Å². The van der Waals surface area contributed by atoms with Gasteiger partial charge in [-0.15, -0.1) is 11.3 Å². The second-order valence-corrected chi connectivity index (χ2v) is 7.73. The first-order chi connectivity index (χ1) is 11.6. The largest absolute Gasteiger partial charge is 0.369 e. The molecule has 1 saturated heterocycles. The van der Waals surface area contributed by atoms with Crippen LogP contribution in [0.15, 0.2) is 42.5 Å². The first-order valence-corrected chi connectivity index (χ1v) is 9.37. The van der Waals surface area contributed by atoms with Crippen LogP contribution >= 0.6 is 11.3 Å². The number of urea groups is 1. The number of aryl methyl sites for hydroxylation is 1. The number of carbonyl (C=O) groups is 1. The maximum absolute atomic E-state index is 12.3. The average molecular weight is 343 g/mol. The molecule has 2 atom stereocenters. The highest BCUT2D eigenvalue weighted by molar-refractivity contribution is 7.12. The van der Waals surface area contributed by atoms with Gasteiger partial charge in [-0.05, 0) is 51.0 Å². The van der Waals surface area contributed by atoms with Gasteiger partial charge in [-0.25, -0.2) is 4.79 Å². The van der Waals surface area contributed by atoms with Crippen molar-refractivity contribution in [2.45, 2.75) is 38.8 Å². The molecule has 128 valence electrons. The van der Waals surface area contributed by atoms with E-state index < -0.39 is 0 Å². The van der Waals surface area contributed by atoms with E-state index in [1.54, 1.807) is 11.3 Å². The van der Waals surface area contributed by atoms with Crippen LogP contribution in [0.25, 0.3) is 0 Å². The summed E-state index contributed by atoms with van der Waals surface area (Å²) in [5.74, 6) is 0. The molecule has 2 aromatic rings. The molecular formula is C19H25N3OS. The Balaban J connectivity index is 1.52. The number of benzene rings is 1. The molecule has 5 heteroatoms. The molecule has 2 N–H and O–H groups in total. The maximum Gasteiger partial charge on any atom is 0.315 e. The summed E-state index contributed by atoms with van der Waals surface area (Å²) in [5, 5.41) is 6.19. The number of hydrogen-bond donors (Lipinski definition) is 2. The minimum atomic E-state index is -0.0755. The van der Waals surface area contributed by atoms with E-state index in [0.29, 0.717) is 0 Å². The molecule has 1 aliphatic heterocycles. The lowest BCUT2D eigenvalue weighted by Crippen LogP contribution is -2.50. The Morgan fingerprint density at radius 2 is 2.04 bits per heavy atom. The molecule has 0 saturated carbocycles. The summed E-state index contributed by atoms with van der Waals surface area (Å²) in [4.78, 5) is 17.1. The van der Waals surface area contributed by atoms with Crippen LogP contribution in [0, 0.1) is 6.92 Å². The maximum atomic E-state index is 12.3. The highest BCUT2D eigenvalue weighted by Crippen LogP contribution is 2.22. The van der Waals surface area contributed by atoms with Crippen LogP contribution in [0.5, 0.6) is 0 Å². The van der Waals surface area contributed by atoms with Crippen LogP contribution in [0.4, 0.5) is 10.5 Å².